The van der Waals surface area contributed by atoms with Gasteiger partial charge in [-0.3, -0.25) is 19.3 Å². The Balaban J connectivity index is 1.54. The van der Waals surface area contributed by atoms with E-state index in [0.717, 1.165) is 23.0 Å². The van der Waals surface area contributed by atoms with Gasteiger partial charge in [0.05, 0.1) is 23.7 Å². The molecule has 0 N–H and O–H groups in total. The van der Waals surface area contributed by atoms with E-state index < -0.39 is 36.8 Å². The van der Waals surface area contributed by atoms with Gasteiger partial charge in [-0.05, 0) is 37.7 Å². The van der Waals surface area contributed by atoms with Gasteiger partial charge >= 0.3 is 0 Å². The summed E-state index contributed by atoms with van der Waals surface area (Å²) in [5, 5.41) is 4.34. The van der Waals surface area contributed by atoms with Crippen LogP contribution in [-0.4, -0.2) is 35.7 Å². The predicted octanol–water partition coefficient (Wildman–Crippen LogP) is 6.46. The highest BCUT2D eigenvalue weighted by Crippen LogP contribution is 2.75. The van der Waals surface area contributed by atoms with Gasteiger partial charge in [-0.2, -0.15) is 5.10 Å². The largest absolute Gasteiger partial charge is 0.284 e. The third kappa shape index (κ3) is 5.34. The maximum Gasteiger partial charge on any atom is 0.274 e. The Morgan fingerprint density at radius 3 is 2.62 bits per heavy atom. The van der Waals surface area contributed by atoms with Crippen LogP contribution in [-0.2, 0) is 7.05 Å². The minimum absolute atomic E-state index is 0.0596. The average molecular weight is 615 g/mol. The number of aromatic nitrogens is 5. The smallest absolute Gasteiger partial charge is 0.274 e. The molecule has 0 bridgehead atoms. The maximum absolute atomic E-state index is 15.9. The highest BCUT2D eigenvalue weighted by atomic mass is 35.5. The van der Waals surface area contributed by atoms with Crippen molar-refractivity contribution >= 4 is 36.7 Å². The fraction of sp³-hybridized carbons (Fsp3) is 0.207. The lowest BCUT2D eigenvalue weighted by Crippen LogP contribution is -2.25. The highest BCUT2D eigenvalue weighted by molar-refractivity contribution is 7.74. The van der Waals surface area contributed by atoms with Gasteiger partial charge in [0.15, 0.2) is 11.7 Å². The van der Waals surface area contributed by atoms with Gasteiger partial charge in [-0.1, -0.05) is 38.6 Å². The lowest BCUT2D eigenvalue weighted by atomic mass is 10.0. The lowest BCUT2D eigenvalue weighted by Gasteiger charge is -2.13. The molecule has 1 aliphatic heterocycles. The van der Waals surface area contributed by atoms with Crippen molar-refractivity contribution in [2.45, 2.75) is 32.1 Å². The van der Waals surface area contributed by atoms with Crippen molar-refractivity contribution in [3.05, 3.63) is 111 Å². The Hall–Kier alpha value is -3.95. The molecule has 1 fully saturated rings. The molecule has 4 aromatic rings. The maximum atomic E-state index is 15.9. The molecule has 3 aromatic heterocycles. The van der Waals surface area contributed by atoms with Gasteiger partial charge in [0, 0.05) is 41.5 Å². The molecule has 0 saturated carbocycles. The Kier molecular flexibility index (Phi) is 8.25. The van der Waals surface area contributed by atoms with Gasteiger partial charge in [-0.25, -0.2) is 27.2 Å². The number of hydrogen-bond donors (Lipinski definition) is 0. The first-order valence-corrected chi connectivity index (χ1v) is 14.6. The summed E-state index contributed by atoms with van der Waals surface area (Å²) in [5.41, 5.74) is -1.04. The van der Waals surface area contributed by atoms with Gasteiger partial charge in [0.25, 0.3) is 5.56 Å². The van der Waals surface area contributed by atoms with E-state index in [-0.39, 0.29) is 44.7 Å². The van der Waals surface area contributed by atoms with Crippen LogP contribution in [0.1, 0.15) is 36.5 Å². The topological polar surface area (TPSA) is 78.0 Å². The zero-order valence-electron chi connectivity index (χ0n) is 22.9. The number of hydrogen-bond acceptors (Lipinski definition) is 5. The monoisotopic (exact) mass is 614 g/mol. The van der Waals surface area contributed by atoms with Crippen LogP contribution >= 0.6 is 19.5 Å². The number of pyridine rings is 2. The van der Waals surface area contributed by atoms with Crippen LogP contribution in [0.25, 0.3) is 17.6 Å². The third-order valence-electron chi connectivity index (χ3n) is 6.88. The van der Waals surface area contributed by atoms with E-state index >= 15 is 8.78 Å². The van der Waals surface area contributed by atoms with E-state index in [2.05, 4.69) is 20.1 Å². The lowest BCUT2D eigenvalue weighted by molar-refractivity contribution is 0.559. The molecular formula is C29H24ClF4N6OP. The summed E-state index contributed by atoms with van der Waals surface area (Å²) in [6.45, 7) is 5.15. The van der Waals surface area contributed by atoms with Gasteiger partial charge in [-0.15, -0.1) is 0 Å². The summed E-state index contributed by atoms with van der Waals surface area (Å²) in [6.07, 6.45) is 6.00. The molecule has 5 rings (SSSR count). The predicted molar refractivity (Wildman–Crippen MR) is 156 cm³/mol. The summed E-state index contributed by atoms with van der Waals surface area (Å²) in [4.78, 5) is 25.5. The van der Waals surface area contributed by atoms with E-state index in [4.69, 9.17) is 11.6 Å². The zero-order valence-corrected chi connectivity index (χ0v) is 24.5. The van der Waals surface area contributed by atoms with Crippen LogP contribution < -0.4 is 10.9 Å². The second kappa shape index (κ2) is 11.7. The van der Waals surface area contributed by atoms with E-state index in [1.54, 1.807) is 33.0 Å². The van der Waals surface area contributed by atoms with E-state index in [1.165, 1.54) is 35.4 Å². The van der Waals surface area contributed by atoms with E-state index in [1.807, 2.05) is 6.92 Å². The van der Waals surface area contributed by atoms with Crippen molar-refractivity contribution in [3.8, 4) is 11.4 Å². The number of allylic oxidation sites excluding steroid dienone is 2. The van der Waals surface area contributed by atoms with Gasteiger partial charge < -0.3 is 0 Å². The van der Waals surface area contributed by atoms with Crippen molar-refractivity contribution in [2.75, 3.05) is 0 Å². The van der Waals surface area contributed by atoms with Crippen LogP contribution in [0.2, 0.25) is 5.02 Å². The quantitative estimate of drug-likeness (QED) is 0.136. The molecule has 42 heavy (non-hydrogen) atoms. The minimum atomic E-state index is -1.12. The first kappa shape index (κ1) is 29.5. The van der Waals surface area contributed by atoms with Gasteiger partial charge in [0.1, 0.15) is 34.5 Å². The molecule has 1 aromatic carbocycles. The van der Waals surface area contributed by atoms with Gasteiger partial charge in [0.2, 0.25) is 0 Å². The summed E-state index contributed by atoms with van der Waals surface area (Å²) in [5.74, 6) is -3.06. The van der Waals surface area contributed by atoms with Crippen molar-refractivity contribution in [2.24, 2.45) is 12.0 Å². The first-order valence-electron chi connectivity index (χ1n) is 12.8. The fourth-order valence-electron chi connectivity index (χ4n) is 4.79. The van der Waals surface area contributed by atoms with E-state index in [0.29, 0.717) is 11.0 Å². The van der Waals surface area contributed by atoms with Crippen molar-refractivity contribution in [3.63, 3.8) is 0 Å². The summed E-state index contributed by atoms with van der Waals surface area (Å²) >= 11 is 6.51. The first-order chi connectivity index (χ1) is 20.0. The number of aliphatic imine (C=N–C) groups is 1. The summed E-state index contributed by atoms with van der Waals surface area (Å²) in [7, 11) is 0.478. The average Bonchev–Trinajstić information content (AvgIpc) is 3.40. The van der Waals surface area contributed by atoms with Crippen LogP contribution in [0, 0.1) is 24.4 Å². The SMILES string of the molecule is C/C=C/N=C(/C(F)=C/n1c(C)cc(P2C(C)C2c2ncc(F)cc2F)c(Cl)c1=O)c1cccc(-c2ncnn2C)c1F. The summed E-state index contributed by atoms with van der Waals surface area (Å²) in [6, 6.07) is 6.83. The molecular weight excluding hydrogens is 591 g/mol. The van der Waals surface area contributed by atoms with Crippen LogP contribution in [0.4, 0.5) is 17.6 Å². The standard InChI is InChI=1S/C29H24ClF4N6OP/c1-5-9-35-25(18-7-6-8-19(24(18)34)28-37-14-38-39(28)4)21(33)13-40-15(2)10-22(23(30)29(40)41)42-16(3)27(42)26-20(32)11-17(31)12-36-26/h5-14,16,27H,1-4H3/b9-5+,21-13-,35-25+. The normalized spacial score (nSPS) is 19.1. The number of benzene rings is 1. The molecule has 216 valence electrons. The van der Waals surface area contributed by atoms with E-state index in [9.17, 15) is 13.6 Å². The Morgan fingerprint density at radius 2 is 1.95 bits per heavy atom. The van der Waals surface area contributed by atoms with Crippen LogP contribution in [0.5, 0.6) is 0 Å². The molecule has 0 aliphatic carbocycles. The number of halogens is 5. The Morgan fingerprint density at radius 1 is 1.19 bits per heavy atom. The third-order valence-corrected chi connectivity index (χ3v) is 10.4. The molecule has 1 aliphatic rings. The number of rotatable bonds is 7. The highest BCUT2D eigenvalue weighted by Gasteiger charge is 2.51. The van der Waals surface area contributed by atoms with Crippen molar-refractivity contribution < 1.29 is 17.6 Å². The molecule has 1 saturated heterocycles. The molecule has 13 heteroatoms. The fourth-order valence-corrected chi connectivity index (χ4v) is 8.11. The molecule has 7 nitrogen and oxygen atoms in total. The molecule has 3 atom stereocenters. The van der Waals surface area contributed by atoms with Crippen LogP contribution in [0.3, 0.4) is 0 Å². The molecule has 0 spiro atoms. The molecule has 0 amide bonds. The van der Waals surface area contributed by atoms with Crippen LogP contribution in [0.15, 0.2) is 70.7 Å². The molecule has 0 radical (unpaired) electrons. The second-order valence-electron chi connectivity index (χ2n) is 9.58. The number of aryl methyl sites for hydroxylation is 2. The molecule has 3 unspecified atom stereocenters. The Labute approximate surface area is 244 Å². The zero-order chi connectivity index (χ0) is 30.3. The minimum Gasteiger partial charge on any atom is -0.284 e. The molecule has 4 heterocycles. The Bertz CT molecular complexity index is 1850. The number of nitrogens with zero attached hydrogens (tertiary/aromatic N) is 6. The summed E-state index contributed by atoms with van der Waals surface area (Å²) < 4.78 is 61.8. The van der Waals surface area contributed by atoms with Crippen molar-refractivity contribution in [1.29, 1.82) is 0 Å². The van der Waals surface area contributed by atoms with Crippen molar-refractivity contribution in [1.82, 2.24) is 24.3 Å². The second-order valence-corrected chi connectivity index (χ2v) is 12.6.